The molecule has 1 saturated carbocycles. The van der Waals surface area contributed by atoms with Crippen LogP contribution in [0.1, 0.15) is 36.1 Å². The van der Waals surface area contributed by atoms with E-state index in [1.165, 1.54) is 0 Å². The summed E-state index contributed by atoms with van der Waals surface area (Å²) in [6.07, 6.45) is -2.32. The molecule has 1 fully saturated rings. The Bertz CT molecular complexity index is 1220. The van der Waals surface area contributed by atoms with Gasteiger partial charge in [0.2, 0.25) is 0 Å². The first-order chi connectivity index (χ1) is 13.3. The second kappa shape index (κ2) is 5.66. The Labute approximate surface area is 157 Å². The van der Waals surface area contributed by atoms with Gasteiger partial charge in [-0.15, -0.1) is 5.10 Å². The van der Waals surface area contributed by atoms with Crippen LogP contribution in [-0.2, 0) is 13.2 Å². The van der Waals surface area contributed by atoms with Crippen LogP contribution in [0.4, 0.5) is 24.7 Å². The third-order valence-corrected chi connectivity index (χ3v) is 4.82. The van der Waals surface area contributed by atoms with Gasteiger partial charge < -0.3 is 9.88 Å². The Morgan fingerprint density at radius 3 is 2.61 bits per heavy atom. The third-order valence-electron chi connectivity index (χ3n) is 4.82. The van der Waals surface area contributed by atoms with E-state index in [0.29, 0.717) is 23.1 Å². The second-order valence-corrected chi connectivity index (χ2v) is 7.06. The van der Waals surface area contributed by atoms with Gasteiger partial charge in [-0.2, -0.15) is 22.7 Å². The molecule has 144 valence electrons. The summed E-state index contributed by atoms with van der Waals surface area (Å²) < 4.78 is 42.1. The molecule has 1 aromatic carbocycles. The molecule has 7 nitrogen and oxygen atoms in total. The molecule has 28 heavy (non-hydrogen) atoms. The number of aromatic nitrogens is 6. The molecular weight excluding hydrogens is 371 g/mol. The number of halogens is 3. The molecule has 1 N–H and O–H groups in total. The lowest BCUT2D eigenvalue weighted by atomic mass is 10.2. The Kier molecular flexibility index (Phi) is 3.43. The highest BCUT2D eigenvalue weighted by atomic mass is 19.4. The highest BCUT2D eigenvalue weighted by Gasteiger charge is 2.37. The van der Waals surface area contributed by atoms with Gasteiger partial charge in [0, 0.05) is 30.4 Å². The van der Waals surface area contributed by atoms with E-state index in [4.69, 9.17) is 4.98 Å². The van der Waals surface area contributed by atoms with Crippen LogP contribution < -0.4 is 5.32 Å². The van der Waals surface area contributed by atoms with E-state index in [1.807, 2.05) is 25.2 Å². The fourth-order valence-electron chi connectivity index (χ4n) is 3.35. The number of nitrogens with zero attached hydrogens (tertiary/aromatic N) is 6. The zero-order chi connectivity index (χ0) is 19.6. The molecule has 5 rings (SSSR count). The van der Waals surface area contributed by atoms with Gasteiger partial charge in [0.25, 0.3) is 11.6 Å². The smallest absolute Gasteiger partial charge is 0.340 e. The minimum Gasteiger partial charge on any atom is -0.340 e. The van der Waals surface area contributed by atoms with Crippen molar-refractivity contribution in [1.29, 1.82) is 0 Å². The van der Waals surface area contributed by atoms with E-state index in [2.05, 4.69) is 25.0 Å². The molecule has 4 aromatic rings. The standard InChI is InChI=1S/C18H16F3N7/c1-9-7-14(28-17(22-9)25-16(26-28)18(19,20)21)23-11-5-6-13-12(8-11)24-15(27(13)2)10-3-4-10/h5-8,10,23H,3-4H2,1-2H3. The van der Waals surface area contributed by atoms with Crippen LogP contribution in [0.15, 0.2) is 24.3 Å². The number of benzene rings is 1. The van der Waals surface area contributed by atoms with Crippen molar-refractivity contribution in [3.05, 3.63) is 41.6 Å². The Morgan fingerprint density at radius 1 is 1.11 bits per heavy atom. The van der Waals surface area contributed by atoms with Gasteiger partial charge >= 0.3 is 6.18 Å². The molecule has 1 aliphatic carbocycles. The molecule has 1 aliphatic rings. The quantitative estimate of drug-likeness (QED) is 0.576. The second-order valence-electron chi connectivity index (χ2n) is 7.06. The Balaban J connectivity index is 1.56. The van der Waals surface area contributed by atoms with E-state index < -0.39 is 12.0 Å². The highest BCUT2D eigenvalue weighted by Crippen LogP contribution is 2.40. The number of hydrogen-bond donors (Lipinski definition) is 1. The molecule has 0 radical (unpaired) electrons. The average Bonchev–Trinajstić information content (AvgIpc) is 3.27. The van der Waals surface area contributed by atoms with E-state index in [9.17, 15) is 13.2 Å². The van der Waals surface area contributed by atoms with Crippen molar-refractivity contribution >= 4 is 28.3 Å². The zero-order valence-electron chi connectivity index (χ0n) is 15.1. The summed E-state index contributed by atoms with van der Waals surface area (Å²) in [6.45, 7) is 1.69. The van der Waals surface area contributed by atoms with Gasteiger partial charge in [-0.05, 0) is 38.0 Å². The lowest BCUT2D eigenvalue weighted by Gasteiger charge is -2.09. The summed E-state index contributed by atoms with van der Waals surface area (Å²) in [7, 11) is 2.00. The number of nitrogens with one attached hydrogen (secondary N) is 1. The highest BCUT2D eigenvalue weighted by molar-refractivity contribution is 5.81. The van der Waals surface area contributed by atoms with E-state index >= 15 is 0 Å². The van der Waals surface area contributed by atoms with Crippen molar-refractivity contribution in [2.75, 3.05) is 5.32 Å². The summed E-state index contributed by atoms with van der Waals surface area (Å²) in [6, 6.07) is 7.32. The lowest BCUT2D eigenvalue weighted by Crippen LogP contribution is -2.08. The number of alkyl halides is 3. The Morgan fingerprint density at radius 2 is 1.89 bits per heavy atom. The van der Waals surface area contributed by atoms with Gasteiger partial charge in [0.05, 0.1) is 11.0 Å². The van der Waals surface area contributed by atoms with Crippen molar-refractivity contribution in [2.24, 2.45) is 7.05 Å². The molecule has 0 saturated heterocycles. The molecule has 0 aliphatic heterocycles. The van der Waals surface area contributed by atoms with Crippen molar-refractivity contribution in [3.63, 3.8) is 0 Å². The number of fused-ring (bicyclic) bond motifs is 2. The SMILES string of the molecule is Cc1cc(Nc2ccc3c(c2)nc(C2CC2)n3C)n2nc(C(F)(F)F)nc2n1. The average molecular weight is 387 g/mol. The Hall–Kier alpha value is -3.17. The molecular formula is C18H16F3N7. The first-order valence-corrected chi connectivity index (χ1v) is 8.84. The molecule has 0 atom stereocenters. The molecule has 0 unspecified atom stereocenters. The maximum Gasteiger partial charge on any atom is 0.453 e. The van der Waals surface area contributed by atoms with Gasteiger partial charge in [0.15, 0.2) is 0 Å². The van der Waals surface area contributed by atoms with Crippen molar-refractivity contribution in [3.8, 4) is 0 Å². The molecule has 3 heterocycles. The van der Waals surface area contributed by atoms with Crippen LogP contribution in [0.3, 0.4) is 0 Å². The van der Waals surface area contributed by atoms with Crippen molar-refractivity contribution < 1.29 is 13.2 Å². The number of anilines is 2. The van der Waals surface area contributed by atoms with Gasteiger partial charge in [-0.1, -0.05) is 0 Å². The number of imidazole rings is 1. The fourth-order valence-corrected chi connectivity index (χ4v) is 3.35. The van der Waals surface area contributed by atoms with Crippen LogP contribution in [0, 0.1) is 6.92 Å². The van der Waals surface area contributed by atoms with Gasteiger partial charge in [-0.25, -0.2) is 9.97 Å². The van der Waals surface area contributed by atoms with Crippen molar-refractivity contribution in [2.45, 2.75) is 31.9 Å². The summed E-state index contributed by atoms with van der Waals surface area (Å²) in [5.41, 5.74) is 3.09. The molecule has 0 amide bonds. The van der Waals surface area contributed by atoms with Crippen molar-refractivity contribution in [1.82, 2.24) is 29.1 Å². The number of rotatable bonds is 3. The summed E-state index contributed by atoms with van der Waals surface area (Å²) in [5, 5.41) is 6.69. The maximum atomic E-state index is 13.0. The molecule has 0 spiro atoms. The van der Waals surface area contributed by atoms with E-state index in [-0.39, 0.29) is 5.78 Å². The van der Waals surface area contributed by atoms with Crippen LogP contribution in [0.25, 0.3) is 16.8 Å². The van der Waals surface area contributed by atoms with Crippen LogP contribution in [-0.4, -0.2) is 29.1 Å². The normalized spacial score (nSPS) is 14.9. The predicted molar refractivity (Wildman–Crippen MR) is 96.5 cm³/mol. The topological polar surface area (TPSA) is 72.9 Å². The fraction of sp³-hybridized carbons (Fsp3) is 0.333. The minimum absolute atomic E-state index is 0.107. The van der Waals surface area contributed by atoms with Gasteiger partial charge in [-0.3, -0.25) is 0 Å². The minimum atomic E-state index is -4.63. The third kappa shape index (κ3) is 2.76. The van der Waals surface area contributed by atoms with Crippen LogP contribution >= 0.6 is 0 Å². The van der Waals surface area contributed by atoms with Crippen LogP contribution in [0.2, 0.25) is 0 Å². The number of aryl methyl sites for hydroxylation is 2. The van der Waals surface area contributed by atoms with Gasteiger partial charge in [0.1, 0.15) is 11.6 Å². The summed E-state index contributed by atoms with van der Waals surface area (Å²) in [5.74, 6) is 0.614. The maximum absolute atomic E-state index is 13.0. The lowest BCUT2D eigenvalue weighted by molar-refractivity contribution is -0.144. The van der Waals surface area contributed by atoms with E-state index in [1.54, 1.807) is 13.0 Å². The first kappa shape index (κ1) is 17.0. The molecule has 0 bridgehead atoms. The largest absolute Gasteiger partial charge is 0.453 e. The van der Waals surface area contributed by atoms with E-state index in [0.717, 1.165) is 34.2 Å². The number of hydrogen-bond acceptors (Lipinski definition) is 5. The monoisotopic (exact) mass is 387 g/mol. The molecule has 3 aromatic heterocycles. The zero-order valence-corrected chi connectivity index (χ0v) is 15.1. The first-order valence-electron chi connectivity index (χ1n) is 8.84. The summed E-state index contributed by atoms with van der Waals surface area (Å²) in [4.78, 5) is 12.3. The summed E-state index contributed by atoms with van der Waals surface area (Å²) >= 11 is 0. The molecule has 10 heteroatoms. The van der Waals surface area contributed by atoms with Crippen LogP contribution in [0.5, 0.6) is 0 Å². The predicted octanol–water partition coefficient (Wildman–Crippen LogP) is 3.96.